The van der Waals surface area contributed by atoms with E-state index in [2.05, 4.69) is 152 Å². The van der Waals surface area contributed by atoms with Crippen LogP contribution in [0.5, 0.6) is 0 Å². The van der Waals surface area contributed by atoms with Gasteiger partial charge in [0.1, 0.15) is 11.2 Å². The first kappa shape index (κ1) is 29.9. The molecule has 0 saturated carbocycles. The van der Waals surface area contributed by atoms with Crippen LogP contribution < -0.4 is 20.6 Å². The number of para-hydroxylation sites is 2. The van der Waals surface area contributed by atoms with E-state index in [0.717, 1.165) is 29.4 Å². The largest absolute Gasteiger partial charge is 0.456 e. The van der Waals surface area contributed by atoms with Crippen molar-refractivity contribution in [1.82, 2.24) is 0 Å². The number of nitrogens with zero attached hydrogens (tertiary/aromatic N) is 2. The molecule has 0 unspecified atom stereocenters. The summed E-state index contributed by atoms with van der Waals surface area (Å²) < 4.78 is 6.51. The number of rotatable bonds is 8. The second kappa shape index (κ2) is 12.0. The zero-order valence-corrected chi connectivity index (χ0v) is 28.7. The third kappa shape index (κ3) is 4.80. The predicted molar refractivity (Wildman–Crippen MR) is 209 cm³/mol. The average molecular weight is 637 g/mol. The molecule has 0 spiro atoms. The van der Waals surface area contributed by atoms with Crippen molar-refractivity contribution in [1.29, 1.82) is 0 Å². The van der Waals surface area contributed by atoms with Crippen LogP contribution in [0.4, 0.5) is 28.4 Å². The molecule has 3 nitrogen and oxygen atoms in total. The van der Waals surface area contributed by atoms with Crippen molar-refractivity contribution in [2.45, 2.75) is 59.3 Å². The molecule has 0 fully saturated rings. The fourth-order valence-electron chi connectivity index (χ4n) is 8.34. The van der Waals surface area contributed by atoms with Crippen molar-refractivity contribution in [2.75, 3.05) is 9.71 Å². The third-order valence-electron chi connectivity index (χ3n) is 10.6. The van der Waals surface area contributed by atoms with Crippen molar-refractivity contribution in [3.63, 3.8) is 0 Å². The minimum atomic E-state index is 0.00719. The topological polar surface area (TPSA) is 19.6 Å². The smallest absolute Gasteiger partial charge is 0.333 e. The lowest BCUT2D eigenvalue weighted by atomic mass is 9.43. The Hall–Kier alpha value is -5.22. The molecular formula is C45H41BN2O. The number of unbranched alkanes of at least 4 members (excludes halogenated alkanes) is 2. The van der Waals surface area contributed by atoms with Crippen LogP contribution in [-0.2, 0) is 12.8 Å². The Morgan fingerprint density at radius 3 is 2.12 bits per heavy atom. The molecular weight excluding hydrogens is 595 g/mol. The SMILES string of the molecule is CCCCc1ccc(N2c3ccc(CCCC)cc3B3c4c(cc(C)cc42)-c2c(ccc4oc5ccccc5c24)N3c2ccccc2)cc1. The number of hydrogen-bond acceptors (Lipinski definition) is 3. The Bertz CT molecular complexity index is 2340. The zero-order chi connectivity index (χ0) is 33.1. The van der Waals surface area contributed by atoms with Gasteiger partial charge in [-0.1, -0.05) is 93.4 Å². The molecule has 9 rings (SSSR count). The van der Waals surface area contributed by atoms with Gasteiger partial charge in [-0.3, -0.25) is 0 Å². The third-order valence-corrected chi connectivity index (χ3v) is 10.6. The van der Waals surface area contributed by atoms with Crippen LogP contribution in [0.3, 0.4) is 0 Å². The van der Waals surface area contributed by atoms with Crippen LogP contribution in [-0.4, -0.2) is 6.85 Å². The average Bonchev–Trinajstić information content (AvgIpc) is 3.52. The van der Waals surface area contributed by atoms with E-state index in [1.165, 1.54) is 98.2 Å². The molecule has 2 aliphatic rings. The summed E-state index contributed by atoms with van der Waals surface area (Å²) in [6.45, 7) is 6.80. The summed E-state index contributed by atoms with van der Waals surface area (Å²) in [4.78, 5) is 5.14. The monoisotopic (exact) mass is 636 g/mol. The Morgan fingerprint density at radius 2 is 1.33 bits per heavy atom. The number of hydrogen-bond donors (Lipinski definition) is 0. The first-order chi connectivity index (χ1) is 24.1. The molecule has 0 bridgehead atoms. The molecule has 0 atom stereocenters. The van der Waals surface area contributed by atoms with Gasteiger partial charge in [-0.15, -0.1) is 0 Å². The Balaban J connectivity index is 1.38. The molecule has 1 aromatic heterocycles. The second-order valence-electron chi connectivity index (χ2n) is 13.9. The maximum absolute atomic E-state index is 6.51. The highest BCUT2D eigenvalue weighted by Gasteiger charge is 2.45. The zero-order valence-electron chi connectivity index (χ0n) is 28.7. The molecule has 4 heteroatoms. The fourth-order valence-corrected chi connectivity index (χ4v) is 8.34. The van der Waals surface area contributed by atoms with Crippen LogP contribution >= 0.6 is 0 Å². The minimum absolute atomic E-state index is 0.00719. The van der Waals surface area contributed by atoms with E-state index in [1.807, 2.05) is 0 Å². The van der Waals surface area contributed by atoms with Gasteiger partial charge in [-0.2, -0.15) is 0 Å². The van der Waals surface area contributed by atoms with Crippen LogP contribution in [0.1, 0.15) is 56.2 Å². The molecule has 49 heavy (non-hydrogen) atoms. The van der Waals surface area contributed by atoms with E-state index in [9.17, 15) is 0 Å². The Labute approximate surface area is 289 Å². The first-order valence-corrected chi connectivity index (χ1v) is 18.1. The molecule has 2 aliphatic heterocycles. The number of fused-ring (bicyclic) bond motifs is 8. The van der Waals surface area contributed by atoms with Crippen molar-refractivity contribution in [3.05, 3.63) is 138 Å². The van der Waals surface area contributed by atoms with Gasteiger partial charge in [0, 0.05) is 44.8 Å². The highest BCUT2D eigenvalue weighted by atomic mass is 16.3. The molecule has 6 aromatic carbocycles. The fraction of sp³-hybridized carbons (Fsp3) is 0.200. The van der Waals surface area contributed by atoms with Crippen LogP contribution in [0, 0.1) is 6.92 Å². The van der Waals surface area contributed by atoms with Gasteiger partial charge >= 0.3 is 6.85 Å². The summed E-state index contributed by atoms with van der Waals surface area (Å²) in [5.74, 6) is 0. The van der Waals surface area contributed by atoms with Crippen LogP contribution in [0.25, 0.3) is 33.1 Å². The maximum atomic E-state index is 6.51. The predicted octanol–water partition coefficient (Wildman–Crippen LogP) is 11.3. The maximum Gasteiger partial charge on any atom is 0.333 e. The van der Waals surface area contributed by atoms with E-state index in [-0.39, 0.29) is 6.85 Å². The highest BCUT2D eigenvalue weighted by Crippen LogP contribution is 2.50. The van der Waals surface area contributed by atoms with E-state index < -0.39 is 0 Å². The van der Waals surface area contributed by atoms with Gasteiger partial charge < -0.3 is 14.1 Å². The lowest BCUT2D eigenvalue weighted by molar-refractivity contribution is 0.669. The normalized spacial score (nSPS) is 13.2. The molecule has 0 radical (unpaired) electrons. The number of benzene rings is 6. The van der Waals surface area contributed by atoms with E-state index in [1.54, 1.807) is 0 Å². The molecule has 3 heterocycles. The summed E-state index contributed by atoms with van der Waals surface area (Å²) in [6, 6.07) is 45.4. The summed E-state index contributed by atoms with van der Waals surface area (Å²) in [6.07, 6.45) is 6.99. The summed E-state index contributed by atoms with van der Waals surface area (Å²) in [5, 5.41) is 2.35. The molecule has 0 saturated heterocycles. The van der Waals surface area contributed by atoms with Crippen LogP contribution in [0.2, 0.25) is 0 Å². The van der Waals surface area contributed by atoms with Gasteiger partial charge in [0.25, 0.3) is 0 Å². The van der Waals surface area contributed by atoms with Crippen molar-refractivity contribution in [2.24, 2.45) is 0 Å². The molecule has 240 valence electrons. The summed E-state index contributed by atoms with van der Waals surface area (Å²) >= 11 is 0. The van der Waals surface area contributed by atoms with Gasteiger partial charge in [0.15, 0.2) is 0 Å². The lowest BCUT2D eigenvalue weighted by Crippen LogP contribution is -2.61. The number of aryl methyl sites for hydroxylation is 3. The molecule has 0 aliphatic carbocycles. The summed E-state index contributed by atoms with van der Waals surface area (Å²) in [5.41, 5.74) is 17.3. The van der Waals surface area contributed by atoms with E-state index in [0.29, 0.717) is 0 Å². The second-order valence-corrected chi connectivity index (χ2v) is 13.9. The molecule has 7 aromatic rings. The standard InChI is InChI=1S/C45H41BN2O/c1-4-6-13-31-19-22-33(23-20-31)47-38-24-21-32(14-7-5-2)29-37(38)46-45-36(27-30(3)28-40(45)47)43-39(48(46)34-15-9-8-10-16-34)25-26-42-44(43)35-17-11-12-18-41(35)49-42/h8-12,15-29H,4-7,13-14H2,1-3H3. The highest BCUT2D eigenvalue weighted by molar-refractivity contribution is 6.93. The van der Waals surface area contributed by atoms with Gasteiger partial charge in [0.05, 0.1) is 0 Å². The molecule has 0 N–H and O–H groups in total. The van der Waals surface area contributed by atoms with E-state index >= 15 is 0 Å². The van der Waals surface area contributed by atoms with E-state index in [4.69, 9.17) is 4.42 Å². The Morgan fingerprint density at radius 1 is 0.612 bits per heavy atom. The van der Waals surface area contributed by atoms with Gasteiger partial charge in [0.2, 0.25) is 0 Å². The van der Waals surface area contributed by atoms with Crippen molar-refractivity contribution < 1.29 is 4.42 Å². The van der Waals surface area contributed by atoms with Crippen LogP contribution in [0.15, 0.2) is 126 Å². The first-order valence-electron chi connectivity index (χ1n) is 18.1. The van der Waals surface area contributed by atoms with Gasteiger partial charge in [-0.25, -0.2) is 0 Å². The van der Waals surface area contributed by atoms with Gasteiger partial charge in [-0.05, 0) is 120 Å². The molecule has 0 amide bonds. The Kier molecular flexibility index (Phi) is 7.34. The van der Waals surface area contributed by atoms with Crippen molar-refractivity contribution in [3.8, 4) is 11.1 Å². The number of furan rings is 1. The lowest BCUT2D eigenvalue weighted by Gasteiger charge is -2.46. The minimum Gasteiger partial charge on any atom is -0.456 e. The van der Waals surface area contributed by atoms with Crippen molar-refractivity contribution >= 4 is 68.1 Å². The quantitative estimate of drug-likeness (QED) is 0.155. The number of anilines is 5. The summed E-state index contributed by atoms with van der Waals surface area (Å²) in [7, 11) is 0.